The average Bonchev–Trinajstić information content (AvgIpc) is 2.36. The van der Waals surface area contributed by atoms with Gasteiger partial charge in [0.25, 0.3) is 0 Å². The summed E-state index contributed by atoms with van der Waals surface area (Å²) in [7, 11) is 4.16. The highest BCUT2D eigenvalue weighted by Gasteiger charge is 2.09. The van der Waals surface area contributed by atoms with E-state index in [1.807, 2.05) is 18.8 Å². The summed E-state index contributed by atoms with van der Waals surface area (Å²) < 4.78 is 0. The van der Waals surface area contributed by atoms with Crippen molar-refractivity contribution in [3.63, 3.8) is 0 Å². The van der Waals surface area contributed by atoms with E-state index in [0.717, 1.165) is 6.54 Å². The van der Waals surface area contributed by atoms with Gasteiger partial charge in [-0.3, -0.25) is 0 Å². The van der Waals surface area contributed by atoms with Crippen molar-refractivity contribution in [3.8, 4) is 0 Å². The monoisotopic (exact) mass is 252 g/mol. The molecule has 0 radical (unpaired) electrons. The topological polar surface area (TPSA) is 15.3 Å². The molecule has 0 bridgehead atoms. The third-order valence-electron chi connectivity index (χ3n) is 3.13. The Labute approximate surface area is 110 Å². The lowest BCUT2D eigenvalue weighted by atomic mass is 10.1. The molecule has 1 aromatic rings. The molecule has 3 heteroatoms. The minimum Gasteiger partial charge on any atom is -0.372 e. The number of nitrogens with zero attached hydrogens (tertiary/aromatic N) is 1. The number of benzene rings is 1. The van der Waals surface area contributed by atoms with Crippen molar-refractivity contribution in [2.75, 3.05) is 31.0 Å². The molecule has 0 amide bonds. The molecule has 0 heterocycles. The number of hydrogen-bond acceptors (Lipinski definition) is 3. The molecule has 0 saturated heterocycles. The zero-order chi connectivity index (χ0) is 12.7. The van der Waals surface area contributed by atoms with Crippen molar-refractivity contribution in [1.82, 2.24) is 5.32 Å². The van der Waals surface area contributed by atoms with Gasteiger partial charge >= 0.3 is 0 Å². The van der Waals surface area contributed by atoms with E-state index in [1.54, 1.807) is 0 Å². The van der Waals surface area contributed by atoms with Crippen LogP contribution < -0.4 is 10.2 Å². The Morgan fingerprint density at radius 1 is 1.29 bits per heavy atom. The number of rotatable bonds is 7. The number of thioether (sulfide) groups is 1. The van der Waals surface area contributed by atoms with Crippen LogP contribution in [0.3, 0.4) is 0 Å². The molecule has 2 nitrogen and oxygen atoms in total. The normalized spacial score (nSPS) is 12.5. The summed E-state index contributed by atoms with van der Waals surface area (Å²) >= 11 is 1.92. The second-order valence-electron chi connectivity index (χ2n) is 4.44. The van der Waals surface area contributed by atoms with E-state index >= 15 is 0 Å². The molecule has 0 fully saturated rings. The van der Waals surface area contributed by atoms with Gasteiger partial charge in [-0.05, 0) is 50.1 Å². The van der Waals surface area contributed by atoms with Crippen LogP contribution in [0.2, 0.25) is 0 Å². The van der Waals surface area contributed by atoms with E-state index in [4.69, 9.17) is 0 Å². The quantitative estimate of drug-likeness (QED) is 0.803. The van der Waals surface area contributed by atoms with E-state index in [2.05, 4.69) is 54.7 Å². The van der Waals surface area contributed by atoms with Gasteiger partial charge in [0.15, 0.2) is 0 Å². The average molecular weight is 252 g/mol. The van der Waals surface area contributed by atoms with Gasteiger partial charge in [0.2, 0.25) is 0 Å². The summed E-state index contributed by atoms with van der Waals surface area (Å²) in [5.74, 6) is 1.23. The molecule has 1 rings (SSSR count). The smallest absolute Gasteiger partial charge is 0.0366 e. The van der Waals surface area contributed by atoms with Crippen LogP contribution in [-0.4, -0.2) is 32.1 Å². The Hall–Kier alpha value is -0.670. The van der Waals surface area contributed by atoms with E-state index in [1.165, 1.54) is 23.4 Å². The molecule has 1 atom stereocenters. The molecule has 1 N–H and O–H groups in total. The maximum absolute atomic E-state index is 3.17. The Kier molecular flexibility index (Phi) is 6.45. The summed E-state index contributed by atoms with van der Waals surface area (Å²) in [6.07, 6.45) is 3.40. The minimum absolute atomic E-state index is 0.595. The van der Waals surface area contributed by atoms with Gasteiger partial charge in [0, 0.05) is 25.3 Å². The van der Waals surface area contributed by atoms with Gasteiger partial charge in [0.1, 0.15) is 0 Å². The van der Waals surface area contributed by atoms with E-state index in [0.29, 0.717) is 6.04 Å². The number of anilines is 1. The summed E-state index contributed by atoms with van der Waals surface area (Å²) in [5.41, 5.74) is 2.64. The highest BCUT2D eigenvalue weighted by atomic mass is 32.2. The standard InChI is InChI=1S/C14H24N2S/c1-12(9-10-17-4)16(3)14-7-5-13(6-8-14)11-15-2/h5-8,12,15H,9-11H2,1-4H3. The molecular formula is C14H24N2S. The van der Waals surface area contributed by atoms with Crippen LogP contribution in [0.4, 0.5) is 5.69 Å². The minimum atomic E-state index is 0.595. The summed E-state index contributed by atoms with van der Waals surface area (Å²) in [6, 6.07) is 9.41. The third-order valence-corrected chi connectivity index (χ3v) is 3.77. The first kappa shape index (κ1) is 14.4. The van der Waals surface area contributed by atoms with Gasteiger partial charge in [-0.1, -0.05) is 12.1 Å². The molecular weight excluding hydrogens is 228 g/mol. The van der Waals surface area contributed by atoms with E-state index < -0.39 is 0 Å². The molecule has 96 valence electrons. The predicted octanol–water partition coefficient (Wildman–Crippen LogP) is 2.98. The number of hydrogen-bond donors (Lipinski definition) is 1. The largest absolute Gasteiger partial charge is 0.372 e. The fraction of sp³-hybridized carbons (Fsp3) is 0.571. The third kappa shape index (κ3) is 4.60. The molecule has 0 aromatic heterocycles. The van der Waals surface area contributed by atoms with Gasteiger partial charge in [0.05, 0.1) is 0 Å². The van der Waals surface area contributed by atoms with Gasteiger partial charge in [-0.25, -0.2) is 0 Å². The van der Waals surface area contributed by atoms with Gasteiger partial charge < -0.3 is 10.2 Å². The maximum atomic E-state index is 3.17. The second kappa shape index (κ2) is 7.62. The molecule has 1 unspecified atom stereocenters. The second-order valence-corrected chi connectivity index (χ2v) is 5.42. The Morgan fingerprint density at radius 3 is 2.47 bits per heavy atom. The van der Waals surface area contributed by atoms with E-state index in [9.17, 15) is 0 Å². The first-order valence-corrected chi connectivity index (χ1v) is 7.53. The highest BCUT2D eigenvalue weighted by molar-refractivity contribution is 7.98. The Morgan fingerprint density at radius 2 is 1.94 bits per heavy atom. The summed E-state index contributed by atoms with van der Waals surface area (Å²) in [5, 5.41) is 3.17. The van der Waals surface area contributed by atoms with Crippen LogP contribution in [-0.2, 0) is 6.54 Å². The molecule has 0 aliphatic heterocycles. The van der Waals surface area contributed by atoms with Gasteiger partial charge in [-0.15, -0.1) is 0 Å². The fourth-order valence-corrected chi connectivity index (χ4v) is 2.37. The summed E-state index contributed by atoms with van der Waals surface area (Å²) in [4.78, 5) is 2.36. The Balaban J connectivity index is 2.58. The van der Waals surface area contributed by atoms with Crippen LogP contribution in [0.5, 0.6) is 0 Å². The van der Waals surface area contributed by atoms with Crippen molar-refractivity contribution in [1.29, 1.82) is 0 Å². The fourth-order valence-electron chi connectivity index (χ4n) is 1.79. The van der Waals surface area contributed by atoms with Crippen molar-refractivity contribution in [2.45, 2.75) is 25.9 Å². The number of nitrogens with one attached hydrogen (secondary N) is 1. The highest BCUT2D eigenvalue weighted by Crippen LogP contribution is 2.18. The molecule has 17 heavy (non-hydrogen) atoms. The van der Waals surface area contributed by atoms with E-state index in [-0.39, 0.29) is 0 Å². The lowest BCUT2D eigenvalue weighted by molar-refractivity contribution is 0.669. The zero-order valence-electron chi connectivity index (χ0n) is 11.4. The maximum Gasteiger partial charge on any atom is 0.0366 e. The first-order chi connectivity index (χ1) is 8.19. The van der Waals surface area contributed by atoms with Crippen molar-refractivity contribution in [2.24, 2.45) is 0 Å². The van der Waals surface area contributed by atoms with Crippen LogP contribution in [0.25, 0.3) is 0 Å². The predicted molar refractivity (Wildman–Crippen MR) is 80.1 cm³/mol. The lowest BCUT2D eigenvalue weighted by Gasteiger charge is -2.27. The van der Waals surface area contributed by atoms with Crippen LogP contribution in [0, 0.1) is 0 Å². The van der Waals surface area contributed by atoms with Gasteiger partial charge in [-0.2, -0.15) is 11.8 Å². The molecule has 0 saturated carbocycles. The molecule has 1 aromatic carbocycles. The first-order valence-electron chi connectivity index (χ1n) is 6.14. The Bertz CT molecular complexity index is 311. The lowest BCUT2D eigenvalue weighted by Crippen LogP contribution is -2.29. The zero-order valence-corrected chi connectivity index (χ0v) is 12.2. The van der Waals surface area contributed by atoms with Crippen molar-refractivity contribution in [3.05, 3.63) is 29.8 Å². The SMILES string of the molecule is CNCc1ccc(N(C)C(C)CCSC)cc1. The van der Waals surface area contributed by atoms with Crippen LogP contribution in [0.15, 0.2) is 24.3 Å². The molecule has 0 aliphatic rings. The molecule has 0 spiro atoms. The van der Waals surface area contributed by atoms with Crippen LogP contribution >= 0.6 is 11.8 Å². The summed E-state index contributed by atoms with van der Waals surface area (Å²) in [6.45, 7) is 3.23. The van der Waals surface area contributed by atoms with Crippen molar-refractivity contribution < 1.29 is 0 Å². The van der Waals surface area contributed by atoms with Crippen LogP contribution in [0.1, 0.15) is 18.9 Å². The molecule has 0 aliphatic carbocycles. The van der Waals surface area contributed by atoms with Crippen molar-refractivity contribution >= 4 is 17.4 Å².